The van der Waals surface area contributed by atoms with Crippen molar-refractivity contribution in [1.82, 2.24) is 5.32 Å². The number of halogens is 1. The fourth-order valence-corrected chi connectivity index (χ4v) is 2.75. The van der Waals surface area contributed by atoms with Crippen LogP contribution < -0.4 is 10.1 Å². The number of hydrogen-bond acceptors (Lipinski definition) is 3. The molecule has 0 aliphatic carbocycles. The first-order valence-corrected chi connectivity index (χ1v) is 8.24. The maximum atomic E-state index is 14.1. The Balaban J connectivity index is 2.09. The van der Waals surface area contributed by atoms with Crippen LogP contribution in [0.1, 0.15) is 34.7 Å². The van der Waals surface area contributed by atoms with Crippen LogP contribution in [0.4, 0.5) is 4.39 Å². The maximum absolute atomic E-state index is 14.1. The van der Waals surface area contributed by atoms with Crippen LogP contribution in [0.5, 0.6) is 5.75 Å². The highest BCUT2D eigenvalue weighted by atomic mass is 19.1. The van der Waals surface area contributed by atoms with Gasteiger partial charge in [0.15, 0.2) is 17.6 Å². The van der Waals surface area contributed by atoms with Crippen molar-refractivity contribution >= 4 is 11.9 Å². The van der Waals surface area contributed by atoms with Crippen molar-refractivity contribution in [3.8, 4) is 5.75 Å². The molecule has 1 unspecified atom stereocenters. The van der Waals surface area contributed by atoms with Gasteiger partial charge in [0.2, 0.25) is 5.91 Å². The summed E-state index contributed by atoms with van der Waals surface area (Å²) in [4.78, 5) is 23.9. The number of rotatable bonds is 7. The fourth-order valence-electron chi connectivity index (χ4n) is 2.75. The minimum Gasteiger partial charge on any atom is -0.494 e. The highest BCUT2D eigenvalue weighted by Crippen LogP contribution is 2.23. The number of amides is 1. The maximum Gasteiger partial charge on any atom is 0.330 e. The molecule has 0 spiro atoms. The number of carbonyl (C=O) groups is 2. The number of carboxylic acid groups (broad SMARTS) is 1. The first-order chi connectivity index (χ1) is 12.3. The summed E-state index contributed by atoms with van der Waals surface area (Å²) < 4.78 is 19.0. The van der Waals surface area contributed by atoms with Crippen LogP contribution in [0.15, 0.2) is 36.4 Å². The van der Waals surface area contributed by atoms with Crippen molar-refractivity contribution in [2.24, 2.45) is 0 Å². The molecule has 0 saturated carbocycles. The van der Waals surface area contributed by atoms with Gasteiger partial charge in [0.25, 0.3) is 0 Å². The van der Waals surface area contributed by atoms with E-state index in [-0.39, 0.29) is 18.6 Å². The van der Waals surface area contributed by atoms with Gasteiger partial charge in [0, 0.05) is 6.42 Å². The Labute approximate surface area is 151 Å². The Morgan fingerprint density at radius 3 is 2.54 bits per heavy atom. The number of ether oxygens (including phenoxy) is 1. The summed E-state index contributed by atoms with van der Waals surface area (Å²) in [5, 5.41) is 12.0. The molecule has 2 aromatic rings. The zero-order valence-corrected chi connectivity index (χ0v) is 15.0. The summed E-state index contributed by atoms with van der Waals surface area (Å²) in [6, 6.07) is 8.90. The Morgan fingerprint density at radius 1 is 1.19 bits per heavy atom. The Kier molecular flexibility index (Phi) is 6.33. The fraction of sp³-hybridized carbons (Fsp3) is 0.300. The van der Waals surface area contributed by atoms with Crippen LogP contribution >= 0.6 is 0 Å². The van der Waals surface area contributed by atoms with E-state index in [1.807, 2.05) is 19.9 Å². The minimum absolute atomic E-state index is 0.0290. The quantitative estimate of drug-likeness (QED) is 0.795. The molecule has 6 heteroatoms. The van der Waals surface area contributed by atoms with E-state index in [1.165, 1.54) is 13.2 Å². The van der Waals surface area contributed by atoms with Gasteiger partial charge in [-0.1, -0.05) is 30.3 Å². The van der Waals surface area contributed by atoms with Crippen LogP contribution in [0.3, 0.4) is 0 Å². The Hall–Kier alpha value is -2.89. The molecule has 0 aromatic heterocycles. The van der Waals surface area contributed by atoms with Crippen LogP contribution in [-0.4, -0.2) is 24.1 Å². The monoisotopic (exact) mass is 359 g/mol. The van der Waals surface area contributed by atoms with Gasteiger partial charge in [-0.3, -0.25) is 4.79 Å². The van der Waals surface area contributed by atoms with E-state index in [4.69, 9.17) is 4.74 Å². The molecule has 0 radical (unpaired) electrons. The van der Waals surface area contributed by atoms with E-state index < -0.39 is 23.7 Å². The first kappa shape index (κ1) is 19.4. The largest absolute Gasteiger partial charge is 0.494 e. The molecule has 0 fully saturated rings. The smallest absolute Gasteiger partial charge is 0.330 e. The molecule has 2 N–H and O–H groups in total. The molecule has 0 heterocycles. The number of nitrogens with one attached hydrogen (secondary N) is 1. The molecule has 0 aliphatic rings. The lowest BCUT2D eigenvalue weighted by Crippen LogP contribution is -2.34. The summed E-state index contributed by atoms with van der Waals surface area (Å²) in [6.07, 6.45) is 0.118. The molecule has 0 aliphatic heterocycles. The standard InChI is InChI=1S/C20H22FNO4/c1-12-6-4-8-15(13(12)2)19(20(24)25)22-17(23)11-10-14-7-5-9-16(26-3)18(14)21/h4-9,19H,10-11H2,1-3H3,(H,22,23)(H,24,25). The van der Waals surface area contributed by atoms with Gasteiger partial charge in [0.05, 0.1) is 7.11 Å². The topological polar surface area (TPSA) is 75.6 Å². The predicted octanol–water partition coefficient (Wildman–Crippen LogP) is 3.33. The van der Waals surface area contributed by atoms with Crippen molar-refractivity contribution in [3.63, 3.8) is 0 Å². The minimum atomic E-state index is -1.14. The molecule has 0 saturated heterocycles. The molecule has 1 amide bonds. The second kappa shape index (κ2) is 8.47. The van der Waals surface area contributed by atoms with Gasteiger partial charge in [-0.15, -0.1) is 0 Å². The van der Waals surface area contributed by atoms with E-state index in [9.17, 15) is 19.1 Å². The Bertz CT molecular complexity index is 819. The van der Waals surface area contributed by atoms with Crippen molar-refractivity contribution in [3.05, 3.63) is 64.5 Å². The summed E-state index contributed by atoms with van der Waals surface area (Å²) in [7, 11) is 1.37. The van der Waals surface area contributed by atoms with Gasteiger partial charge in [-0.05, 0) is 48.6 Å². The number of benzene rings is 2. The molecule has 1 atom stereocenters. The third-order valence-electron chi connectivity index (χ3n) is 4.39. The number of methoxy groups -OCH3 is 1. The number of carbonyl (C=O) groups excluding carboxylic acids is 1. The average molecular weight is 359 g/mol. The van der Waals surface area contributed by atoms with Crippen LogP contribution in [0.25, 0.3) is 0 Å². The van der Waals surface area contributed by atoms with Gasteiger partial charge in [0.1, 0.15) is 0 Å². The van der Waals surface area contributed by atoms with E-state index in [0.717, 1.165) is 11.1 Å². The lowest BCUT2D eigenvalue weighted by molar-refractivity contribution is -0.142. The molecular formula is C20H22FNO4. The lowest BCUT2D eigenvalue weighted by atomic mass is 9.97. The number of carboxylic acids is 1. The third-order valence-corrected chi connectivity index (χ3v) is 4.39. The van der Waals surface area contributed by atoms with Crippen molar-refractivity contribution in [2.75, 3.05) is 7.11 Å². The van der Waals surface area contributed by atoms with E-state index in [0.29, 0.717) is 11.1 Å². The second-order valence-electron chi connectivity index (χ2n) is 6.06. The number of hydrogen-bond donors (Lipinski definition) is 2. The van der Waals surface area contributed by atoms with Crippen LogP contribution in [0.2, 0.25) is 0 Å². The zero-order valence-electron chi connectivity index (χ0n) is 15.0. The lowest BCUT2D eigenvalue weighted by Gasteiger charge is -2.18. The summed E-state index contributed by atoms with van der Waals surface area (Å²) in [5.41, 5.74) is 2.65. The van der Waals surface area contributed by atoms with Gasteiger partial charge in [-0.25, -0.2) is 9.18 Å². The van der Waals surface area contributed by atoms with Crippen molar-refractivity contribution < 1.29 is 23.8 Å². The summed E-state index contributed by atoms with van der Waals surface area (Å²) in [5.74, 6) is -1.99. The van der Waals surface area contributed by atoms with E-state index >= 15 is 0 Å². The summed E-state index contributed by atoms with van der Waals surface area (Å²) in [6.45, 7) is 3.70. The molecule has 26 heavy (non-hydrogen) atoms. The SMILES string of the molecule is COc1cccc(CCC(=O)NC(C(=O)O)c2cccc(C)c2C)c1F. The highest BCUT2D eigenvalue weighted by Gasteiger charge is 2.24. The van der Waals surface area contributed by atoms with Crippen LogP contribution in [0, 0.1) is 19.7 Å². The van der Waals surface area contributed by atoms with Crippen molar-refractivity contribution in [1.29, 1.82) is 0 Å². The van der Waals surface area contributed by atoms with Crippen LogP contribution in [-0.2, 0) is 16.0 Å². The van der Waals surface area contributed by atoms with E-state index in [1.54, 1.807) is 24.3 Å². The molecule has 138 valence electrons. The molecule has 0 bridgehead atoms. The van der Waals surface area contributed by atoms with Gasteiger partial charge < -0.3 is 15.2 Å². The van der Waals surface area contributed by atoms with Gasteiger partial charge in [-0.2, -0.15) is 0 Å². The normalized spacial score (nSPS) is 11.7. The second-order valence-corrected chi connectivity index (χ2v) is 6.06. The zero-order chi connectivity index (χ0) is 19.3. The number of aliphatic carboxylic acids is 1. The third kappa shape index (κ3) is 4.39. The molecular weight excluding hydrogens is 337 g/mol. The Morgan fingerprint density at radius 2 is 1.88 bits per heavy atom. The predicted molar refractivity (Wildman–Crippen MR) is 95.7 cm³/mol. The molecule has 5 nitrogen and oxygen atoms in total. The summed E-state index contributed by atoms with van der Waals surface area (Å²) >= 11 is 0. The first-order valence-electron chi connectivity index (χ1n) is 8.24. The highest BCUT2D eigenvalue weighted by molar-refractivity contribution is 5.85. The average Bonchev–Trinajstić information content (AvgIpc) is 2.61. The van der Waals surface area contributed by atoms with Crippen molar-refractivity contribution in [2.45, 2.75) is 32.7 Å². The molecule has 2 aromatic carbocycles. The van der Waals surface area contributed by atoms with Gasteiger partial charge >= 0.3 is 5.97 Å². The van der Waals surface area contributed by atoms with E-state index in [2.05, 4.69) is 5.32 Å². The number of aryl methyl sites for hydroxylation is 2. The molecule has 2 rings (SSSR count).